The molecule has 3 aromatic carbocycles. The highest BCUT2D eigenvalue weighted by Gasteiger charge is 2.29. The van der Waals surface area contributed by atoms with Gasteiger partial charge in [0, 0.05) is 17.5 Å². The monoisotopic (exact) mass is 438 g/mol. The molecule has 5 nitrogen and oxygen atoms in total. The van der Waals surface area contributed by atoms with Crippen LogP contribution in [0, 0.1) is 20.8 Å². The summed E-state index contributed by atoms with van der Waals surface area (Å²) in [6.07, 6.45) is 0.152. The Morgan fingerprint density at radius 2 is 1.65 bits per heavy atom. The van der Waals surface area contributed by atoms with Crippen LogP contribution in [-0.2, 0) is 20.7 Å². The second-order valence-electron chi connectivity index (χ2n) is 7.98. The van der Waals surface area contributed by atoms with E-state index in [1.165, 1.54) is 0 Å². The first-order valence-electron chi connectivity index (χ1n) is 10.2. The third-order valence-electron chi connectivity index (χ3n) is 5.51. The van der Waals surface area contributed by atoms with Crippen molar-refractivity contribution in [3.8, 4) is 22.6 Å². The van der Waals surface area contributed by atoms with Gasteiger partial charge >= 0.3 is 0 Å². The van der Waals surface area contributed by atoms with E-state index in [9.17, 15) is 8.42 Å². The number of hydrogen-bond donors (Lipinski definition) is 0. The van der Waals surface area contributed by atoms with Gasteiger partial charge in [-0.1, -0.05) is 41.5 Å². The van der Waals surface area contributed by atoms with Crippen LogP contribution >= 0.6 is 0 Å². The van der Waals surface area contributed by atoms with E-state index >= 15 is 0 Å². The summed E-state index contributed by atoms with van der Waals surface area (Å²) in [6, 6.07) is 16.8. The lowest BCUT2D eigenvalue weighted by Gasteiger charge is -2.15. The zero-order valence-electron chi connectivity index (χ0n) is 18.1. The smallest absolute Gasteiger partial charge is 0.297 e. The molecular weight excluding hydrogens is 412 g/mol. The Bertz CT molecular complexity index is 1210. The first-order chi connectivity index (χ1) is 14.8. The Balaban J connectivity index is 1.58. The molecule has 0 fully saturated rings. The first-order valence-corrected chi connectivity index (χ1v) is 11.6. The van der Waals surface area contributed by atoms with Crippen LogP contribution in [0.3, 0.4) is 0 Å². The van der Waals surface area contributed by atoms with Crippen LogP contribution < -0.4 is 9.47 Å². The SMILES string of the molecule is COc1cc2c(c(-c3cc(C)ccc3C)c1)OC(COS(=O)(=O)c1ccc(C)cc1)C2. The Morgan fingerprint density at radius 1 is 0.935 bits per heavy atom. The lowest BCUT2D eigenvalue weighted by molar-refractivity contribution is 0.152. The molecule has 31 heavy (non-hydrogen) atoms. The minimum Gasteiger partial charge on any atom is -0.497 e. The Kier molecular flexibility index (Phi) is 5.77. The average molecular weight is 439 g/mol. The van der Waals surface area contributed by atoms with Crippen LogP contribution in [0.1, 0.15) is 22.3 Å². The summed E-state index contributed by atoms with van der Waals surface area (Å²) in [5.74, 6) is 1.50. The summed E-state index contributed by atoms with van der Waals surface area (Å²) in [7, 11) is -2.21. The van der Waals surface area contributed by atoms with Gasteiger partial charge in [0.1, 0.15) is 24.2 Å². The van der Waals surface area contributed by atoms with Gasteiger partial charge in [-0.3, -0.25) is 4.18 Å². The molecule has 1 heterocycles. The van der Waals surface area contributed by atoms with Crippen LogP contribution in [0.2, 0.25) is 0 Å². The normalized spacial score (nSPS) is 15.4. The molecule has 1 aliphatic rings. The summed E-state index contributed by atoms with van der Waals surface area (Å²) >= 11 is 0. The molecule has 3 aromatic rings. The maximum Gasteiger partial charge on any atom is 0.297 e. The van der Waals surface area contributed by atoms with E-state index in [0.717, 1.165) is 44.9 Å². The summed E-state index contributed by atoms with van der Waals surface area (Å²) in [6.45, 7) is 5.96. The third kappa shape index (κ3) is 4.45. The van der Waals surface area contributed by atoms with Gasteiger partial charge in [-0.2, -0.15) is 8.42 Å². The highest BCUT2D eigenvalue weighted by molar-refractivity contribution is 7.86. The number of ether oxygens (including phenoxy) is 2. The van der Waals surface area contributed by atoms with E-state index in [4.69, 9.17) is 13.7 Å². The standard InChI is InChI=1S/C25H26O5S/c1-16-6-9-22(10-7-16)31(26,27)29-15-21-13-19-12-20(28-4)14-24(25(19)30-21)23-11-17(2)5-8-18(23)3/h5-12,14,21H,13,15H2,1-4H3. The van der Waals surface area contributed by atoms with Gasteiger partial charge in [-0.15, -0.1) is 0 Å². The van der Waals surface area contributed by atoms with Crippen molar-refractivity contribution in [3.05, 3.63) is 76.9 Å². The molecule has 0 aliphatic carbocycles. The molecule has 0 bridgehead atoms. The molecule has 0 aromatic heterocycles. The number of hydrogen-bond acceptors (Lipinski definition) is 5. The third-order valence-corrected chi connectivity index (χ3v) is 6.81. The fourth-order valence-electron chi connectivity index (χ4n) is 3.78. The zero-order chi connectivity index (χ0) is 22.2. The summed E-state index contributed by atoms with van der Waals surface area (Å²) < 4.78 is 42.1. The molecule has 162 valence electrons. The highest BCUT2D eigenvalue weighted by Crippen LogP contribution is 2.43. The molecule has 0 N–H and O–H groups in total. The molecule has 0 saturated carbocycles. The lowest BCUT2D eigenvalue weighted by Crippen LogP contribution is -2.23. The highest BCUT2D eigenvalue weighted by atomic mass is 32.2. The van der Waals surface area contributed by atoms with Crippen LogP contribution in [0.5, 0.6) is 11.5 Å². The minimum absolute atomic E-state index is 0.0561. The minimum atomic E-state index is -3.84. The first kappa shape index (κ1) is 21.4. The van der Waals surface area contributed by atoms with Gasteiger partial charge in [0.15, 0.2) is 0 Å². The second kappa shape index (κ2) is 8.36. The number of methoxy groups -OCH3 is 1. The van der Waals surface area contributed by atoms with Crippen LogP contribution in [-0.4, -0.2) is 28.2 Å². The van der Waals surface area contributed by atoms with Crippen molar-refractivity contribution in [2.75, 3.05) is 13.7 Å². The van der Waals surface area contributed by atoms with Crippen molar-refractivity contribution in [2.24, 2.45) is 0 Å². The molecule has 0 amide bonds. The van der Waals surface area contributed by atoms with Gasteiger partial charge in [0.2, 0.25) is 0 Å². The van der Waals surface area contributed by atoms with Crippen molar-refractivity contribution in [1.29, 1.82) is 0 Å². The Labute approximate surface area is 183 Å². The van der Waals surface area contributed by atoms with Gasteiger partial charge in [0.05, 0.1) is 12.0 Å². The fourth-order valence-corrected chi connectivity index (χ4v) is 4.72. The Hall–Kier alpha value is -2.83. The van der Waals surface area contributed by atoms with E-state index in [1.54, 1.807) is 31.4 Å². The van der Waals surface area contributed by atoms with Gasteiger partial charge in [-0.05, 0) is 56.2 Å². The van der Waals surface area contributed by atoms with Crippen LogP contribution in [0.15, 0.2) is 59.5 Å². The van der Waals surface area contributed by atoms with E-state index in [2.05, 4.69) is 32.0 Å². The van der Waals surface area contributed by atoms with Crippen molar-refractivity contribution in [1.82, 2.24) is 0 Å². The lowest BCUT2D eigenvalue weighted by atomic mass is 9.95. The van der Waals surface area contributed by atoms with Crippen molar-refractivity contribution < 1.29 is 22.1 Å². The van der Waals surface area contributed by atoms with Crippen LogP contribution in [0.4, 0.5) is 0 Å². The summed E-state index contributed by atoms with van der Waals surface area (Å²) in [5.41, 5.74) is 6.27. The average Bonchev–Trinajstić information content (AvgIpc) is 3.17. The van der Waals surface area contributed by atoms with E-state index < -0.39 is 16.2 Å². The van der Waals surface area contributed by atoms with E-state index in [-0.39, 0.29) is 11.5 Å². The maximum absolute atomic E-state index is 12.5. The van der Waals surface area contributed by atoms with Gasteiger partial charge in [0.25, 0.3) is 10.1 Å². The van der Waals surface area contributed by atoms with Gasteiger partial charge < -0.3 is 9.47 Å². The largest absolute Gasteiger partial charge is 0.497 e. The Morgan fingerprint density at radius 3 is 2.35 bits per heavy atom. The number of benzene rings is 3. The van der Waals surface area contributed by atoms with E-state index in [0.29, 0.717) is 6.42 Å². The number of fused-ring (bicyclic) bond motifs is 1. The summed E-state index contributed by atoms with van der Waals surface area (Å²) in [5, 5.41) is 0. The molecule has 4 rings (SSSR count). The second-order valence-corrected chi connectivity index (χ2v) is 9.59. The van der Waals surface area contributed by atoms with Crippen LogP contribution in [0.25, 0.3) is 11.1 Å². The number of rotatable bonds is 6. The number of aryl methyl sites for hydroxylation is 3. The molecule has 0 saturated heterocycles. The molecule has 1 atom stereocenters. The molecular formula is C25H26O5S. The molecule has 6 heteroatoms. The topological polar surface area (TPSA) is 61.8 Å². The molecule has 1 unspecified atom stereocenters. The van der Waals surface area contributed by atoms with E-state index in [1.807, 2.05) is 19.1 Å². The molecule has 1 aliphatic heterocycles. The predicted molar refractivity (Wildman–Crippen MR) is 120 cm³/mol. The van der Waals surface area contributed by atoms with Crippen molar-refractivity contribution >= 4 is 10.1 Å². The van der Waals surface area contributed by atoms with Crippen molar-refractivity contribution in [2.45, 2.75) is 38.2 Å². The summed E-state index contributed by atoms with van der Waals surface area (Å²) in [4.78, 5) is 0.145. The predicted octanol–water partition coefficient (Wildman–Crippen LogP) is 5.00. The maximum atomic E-state index is 12.5. The van der Waals surface area contributed by atoms with Gasteiger partial charge in [-0.25, -0.2) is 0 Å². The quantitative estimate of drug-likeness (QED) is 0.507. The van der Waals surface area contributed by atoms with Crippen molar-refractivity contribution in [3.63, 3.8) is 0 Å². The fraction of sp³-hybridized carbons (Fsp3) is 0.280. The zero-order valence-corrected chi connectivity index (χ0v) is 19.0. The molecule has 0 spiro atoms. The molecule has 0 radical (unpaired) electrons.